The molecule has 13 heavy (non-hydrogen) atoms. The van der Waals surface area contributed by atoms with E-state index in [1.54, 1.807) is 0 Å². The van der Waals surface area contributed by atoms with Crippen LogP contribution in [0.1, 0.15) is 38.5 Å². The van der Waals surface area contributed by atoms with Gasteiger partial charge in [-0.2, -0.15) is 10.3 Å². The highest BCUT2D eigenvalue weighted by atomic mass is 16.1. The smallest absolute Gasteiger partial charge is 0.211 e. The van der Waals surface area contributed by atoms with Crippen LogP contribution in [0.5, 0.6) is 0 Å². The third kappa shape index (κ3) is 3.40. The Kier molecular flexibility index (Phi) is 4.21. The predicted molar refractivity (Wildman–Crippen MR) is 48.7 cm³/mol. The van der Waals surface area contributed by atoms with E-state index >= 15 is 0 Å². The third-order valence-corrected chi connectivity index (χ3v) is 2.64. The first kappa shape index (κ1) is 9.95. The summed E-state index contributed by atoms with van der Waals surface area (Å²) in [5, 5.41) is 8.67. The molecule has 1 aliphatic rings. The maximum atomic E-state index is 9.97. The molecule has 0 saturated heterocycles. The Labute approximate surface area is 78.5 Å². The molecule has 1 rings (SSSR count). The first-order valence-corrected chi connectivity index (χ1v) is 4.83. The summed E-state index contributed by atoms with van der Waals surface area (Å²) in [6.45, 7) is 0. The zero-order valence-corrected chi connectivity index (χ0v) is 7.70. The molecule has 1 saturated carbocycles. The second-order valence-corrected chi connectivity index (χ2v) is 3.61. The van der Waals surface area contributed by atoms with Crippen LogP contribution < -0.4 is 0 Å². The SMILES string of the molecule is N#CC(CC1CCCCC1)N=C=O. The van der Waals surface area contributed by atoms with Gasteiger partial charge in [-0.15, -0.1) is 0 Å². The quantitative estimate of drug-likeness (QED) is 0.491. The van der Waals surface area contributed by atoms with Crippen molar-refractivity contribution in [3.05, 3.63) is 0 Å². The molecule has 1 fully saturated rings. The number of hydrogen-bond donors (Lipinski definition) is 0. The molecule has 1 aliphatic carbocycles. The topological polar surface area (TPSA) is 53.2 Å². The maximum absolute atomic E-state index is 9.97. The molecular weight excluding hydrogens is 164 g/mol. The summed E-state index contributed by atoms with van der Waals surface area (Å²) in [6.07, 6.45) is 8.40. The van der Waals surface area contributed by atoms with E-state index in [9.17, 15) is 4.79 Å². The molecule has 1 atom stereocenters. The first-order chi connectivity index (χ1) is 6.36. The Morgan fingerprint density at radius 2 is 2.08 bits per heavy atom. The van der Waals surface area contributed by atoms with Gasteiger partial charge in [-0.1, -0.05) is 32.1 Å². The van der Waals surface area contributed by atoms with Crippen LogP contribution >= 0.6 is 0 Å². The zero-order valence-electron chi connectivity index (χ0n) is 7.70. The van der Waals surface area contributed by atoms with Crippen molar-refractivity contribution in [1.29, 1.82) is 5.26 Å². The summed E-state index contributed by atoms with van der Waals surface area (Å²) in [5.41, 5.74) is 0. The van der Waals surface area contributed by atoms with Crippen molar-refractivity contribution in [2.24, 2.45) is 10.9 Å². The van der Waals surface area contributed by atoms with Gasteiger partial charge in [-0.05, 0) is 12.3 Å². The number of nitrogens with zero attached hydrogens (tertiary/aromatic N) is 2. The largest absolute Gasteiger partial charge is 0.236 e. The average Bonchev–Trinajstić information content (AvgIpc) is 2.19. The van der Waals surface area contributed by atoms with E-state index in [1.165, 1.54) is 38.2 Å². The van der Waals surface area contributed by atoms with Crippen LogP contribution in [0, 0.1) is 17.2 Å². The molecule has 0 aromatic carbocycles. The van der Waals surface area contributed by atoms with Crippen LogP contribution in [-0.4, -0.2) is 12.1 Å². The Balaban J connectivity index is 2.36. The Morgan fingerprint density at radius 3 is 2.62 bits per heavy atom. The number of rotatable bonds is 3. The molecule has 0 spiro atoms. The number of carbonyl (C=O) groups excluding carboxylic acids is 1. The van der Waals surface area contributed by atoms with E-state index in [2.05, 4.69) is 4.99 Å². The summed E-state index contributed by atoms with van der Waals surface area (Å²) >= 11 is 0. The van der Waals surface area contributed by atoms with E-state index in [0.717, 1.165) is 6.42 Å². The molecule has 0 aromatic rings. The Hall–Kier alpha value is -1.13. The van der Waals surface area contributed by atoms with Crippen molar-refractivity contribution < 1.29 is 4.79 Å². The molecular formula is C10H14N2O. The van der Waals surface area contributed by atoms with Crippen molar-refractivity contribution >= 4 is 6.08 Å². The second kappa shape index (κ2) is 5.50. The van der Waals surface area contributed by atoms with Crippen LogP contribution in [0.15, 0.2) is 4.99 Å². The Bertz CT molecular complexity index is 232. The van der Waals surface area contributed by atoms with Crippen LogP contribution in [-0.2, 0) is 4.79 Å². The second-order valence-electron chi connectivity index (χ2n) is 3.61. The maximum Gasteiger partial charge on any atom is 0.236 e. The van der Waals surface area contributed by atoms with E-state index in [4.69, 9.17) is 5.26 Å². The molecule has 0 amide bonds. The normalized spacial score (nSPS) is 19.9. The van der Waals surface area contributed by atoms with Gasteiger partial charge >= 0.3 is 0 Å². The minimum Gasteiger partial charge on any atom is -0.211 e. The van der Waals surface area contributed by atoms with Gasteiger partial charge in [0.25, 0.3) is 0 Å². The van der Waals surface area contributed by atoms with Crippen molar-refractivity contribution in [3.8, 4) is 6.07 Å². The van der Waals surface area contributed by atoms with Gasteiger partial charge in [0.05, 0.1) is 6.07 Å². The molecule has 1 unspecified atom stereocenters. The molecule has 70 valence electrons. The molecule has 0 aromatic heterocycles. The van der Waals surface area contributed by atoms with Crippen LogP contribution in [0.2, 0.25) is 0 Å². The molecule has 0 aliphatic heterocycles. The zero-order chi connectivity index (χ0) is 9.52. The van der Waals surface area contributed by atoms with Crippen LogP contribution in [0.25, 0.3) is 0 Å². The lowest BCUT2D eigenvalue weighted by Gasteiger charge is -2.21. The highest BCUT2D eigenvalue weighted by Crippen LogP contribution is 2.27. The lowest BCUT2D eigenvalue weighted by atomic mass is 9.85. The fourth-order valence-corrected chi connectivity index (χ4v) is 1.94. The highest BCUT2D eigenvalue weighted by molar-refractivity contribution is 5.34. The minimum atomic E-state index is -0.458. The lowest BCUT2D eigenvalue weighted by molar-refractivity contribution is 0.331. The van der Waals surface area contributed by atoms with Crippen molar-refractivity contribution in [1.82, 2.24) is 0 Å². The van der Waals surface area contributed by atoms with Crippen molar-refractivity contribution in [3.63, 3.8) is 0 Å². The number of nitriles is 1. The van der Waals surface area contributed by atoms with E-state index in [0.29, 0.717) is 5.92 Å². The summed E-state index contributed by atoms with van der Waals surface area (Å²) in [6, 6.07) is 1.56. The fourth-order valence-electron chi connectivity index (χ4n) is 1.94. The fraction of sp³-hybridized carbons (Fsp3) is 0.800. The van der Waals surface area contributed by atoms with E-state index < -0.39 is 6.04 Å². The summed E-state index contributed by atoms with van der Waals surface area (Å²) in [4.78, 5) is 13.4. The monoisotopic (exact) mass is 178 g/mol. The van der Waals surface area contributed by atoms with Crippen molar-refractivity contribution in [2.45, 2.75) is 44.6 Å². The molecule has 0 N–H and O–H groups in total. The number of isocyanates is 1. The van der Waals surface area contributed by atoms with Gasteiger partial charge in [0.1, 0.15) is 6.04 Å². The van der Waals surface area contributed by atoms with Gasteiger partial charge in [0.2, 0.25) is 6.08 Å². The average molecular weight is 178 g/mol. The van der Waals surface area contributed by atoms with Crippen LogP contribution in [0.4, 0.5) is 0 Å². The predicted octanol–water partition coefficient (Wildman–Crippen LogP) is 2.18. The summed E-state index contributed by atoms with van der Waals surface area (Å²) < 4.78 is 0. The first-order valence-electron chi connectivity index (χ1n) is 4.83. The van der Waals surface area contributed by atoms with Gasteiger partial charge in [-0.3, -0.25) is 0 Å². The molecule has 0 heterocycles. The Morgan fingerprint density at radius 1 is 1.38 bits per heavy atom. The van der Waals surface area contributed by atoms with Crippen LogP contribution in [0.3, 0.4) is 0 Å². The summed E-state index contributed by atoms with van der Waals surface area (Å²) in [7, 11) is 0. The molecule has 3 heteroatoms. The standard InChI is InChI=1S/C10H14N2O/c11-7-10(12-8-13)6-9-4-2-1-3-5-9/h9-10H,1-6H2. The molecule has 3 nitrogen and oxygen atoms in total. The van der Waals surface area contributed by atoms with E-state index in [1.807, 2.05) is 6.07 Å². The summed E-state index contributed by atoms with van der Waals surface area (Å²) in [5.74, 6) is 0.593. The van der Waals surface area contributed by atoms with Gasteiger partial charge < -0.3 is 0 Å². The van der Waals surface area contributed by atoms with Crippen molar-refractivity contribution in [2.75, 3.05) is 0 Å². The number of aliphatic imine (C=N–C) groups is 1. The number of hydrogen-bond acceptors (Lipinski definition) is 3. The minimum absolute atomic E-state index is 0.458. The van der Waals surface area contributed by atoms with Gasteiger partial charge in [0, 0.05) is 0 Å². The third-order valence-electron chi connectivity index (χ3n) is 2.64. The molecule has 0 radical (unpaired) electrons. The lowest BCUT2D eigenvalue weighted by Crippen LogP contribution is -2.13. The van der Waals surface area contributed by atoms with E-state index in [-0.39, 0.29) is 0 Å². The van der Waals surface area contributed by atoms with Gasteiger partial charge in [0.15, 0.2) is 0 Å². The highest BCUT2D eigenvalue weighted by Gasteiger charge is 2.17. The molecule has 0 bridgehead atoms. The van der Waals surface area contributed by atoms with Gasteiger partial charge in [-0.25, -0.2) is 4.79 Å².